The van der Waals surface area contributed by atoms with Crippen molar-refractivity contribution in [2.45, 2.75) is 39.8 Å². The van der Waals surface area contributed by atoms with Crippen molar-refractivity contribution in [2.75, 3.05) is 6.54 Å². The lowest BCUT2D eigenvalue weighted by atomic mass is 10.1. The lowest BCUT2D eigenvalue weighted by Crippen LogP contribution is -2.35. The van der Waals surface area contributed by atoms with E-state index in [1.54, 1.807) is 11.5 Å². The second-order valence-electron chi connectivity index (χ2n) is 6.40. The minimum Gasteiger partial charge on any atom is -0.352 e. The third kappa shape index (κ3) is 4.82. The molecule has 1 aromatic carbocycles. The molecule has 1 atom stereocenters. The van der Waals surface area contributed by atoms with Gasteiger partial charge in [0, 0.05) is 43.2 Å². The van der Waals surface area contributed by atoms with Crippen LogP contribution in [0.4, 0.5) is 8.78 Å². The summed E-state index contributed by atoms with van der Waals surface area (Å²) >= 11 is 0. The van der Waals surface area contributed by atoms with E-state index in [0.29, 0.717) is 12.6 Å². The number of nitrogens with one attached hydrogen (secondary N) is 2. The highest BCUT2D eigenvalue weighted by atomic mass is 19.1. The van der Waals surface area contributed by atoms with E-state index in [2.05, 4.69) is 10.6 Å². The van der Waals surface area contributed by atoms with Gasteiger partial charge < -0.3 is 15.2 Å². The molecule has 150 valence electrons. The van der Waals surface area contributed by atoms with E-state index >= 15 is 0 Å². The fraction of sp³-hybridized carbons (Fsp3) is 0.350. The summed E-state index contributed by atoms with van der Waals surface area (Å²) in [4.78, 5) is 37.4. The predicted molar refractivity (Wildman–Crippen MR) is 101 cm³/mol. The highest BCUT2D eigenvalue weighted by molar-refractivity contribution is 5.99. The summed E-state index contributed by atoms with van der Waals surface area (Å²) in [5, 5.41) is 5.01. The van der Waals surface area contributed by atoms with Crippen molar-refractivity contribution in [3.8, 4) is 0 Å². The molecule has 0 aliphatic carbocycles. The van der Waals surface area contributed by atoms with E-state index in [-0.39, 0.29) is 29.3 Å². The number of carbonyl (C=O) groups is 2. The van der Waals surface area contributed by atoms with Crippen LogP contribution >= 0.6 is 0 Å². The minimum atomic E-state index is -0.798. The molecule has 0 radical (unpaired) electrons. The monoisotopic (exact) mass is 391 g/mol. The molecule has 0 fully saturated rings. The van der Waals surface area contributed by atoms with Crippen molar-refractivity contribution in [1.29, 1.82) is 0 Å². The predicted octanol–water partition coefficient (Wildman–Crippen LogP) is 2.78. The molecule has 0 bridgehead atoms. The van der Waals surface area contributed by atoms with Crippen LogP contribution in [0.3, 0.4) is 0 Å². The Bertz CT molecular complexity index is 941. The second kappa shape index (κ2) is 9.25. The molecule has 6 nitrogen and oxygen atoms in total. The van der Waals surface area contributed by atoms with Crippen molar-refractivity contribution in [3.63, 3.8) is 0 Å². The van der Waals surface area contributed by atoms with Gasteiger partial charge >= 0.3 is 0 Å². The summed E-state index contributed by atoms with van der Waals surface area (Å²) in [7, 11) is 0. The molecule has 0 unspecified atom stereocenters. The van der Waals surface area contributed by atoms with Gasteiger partial charge in [0.25, 0.3) is 11.8 Å². The van der Waals surface area contributed by atoms with Gasteiger partial charge in [0.05, 0.1) is 0 Å². The van der Waals surface area contributed by atoms with Crippen LogP contribution in [0.2, 0.25) is 0 Å². The molecular weight excluding hydrogens is 368 g/mol. The Hall–Kier alpha value is -3.03. The van der Waals surface area contributed by atoms with Crippen LogP contribution in [0.1, 0.15) is 59.5 Å². The van der Waals surface area contributed by atoms with E-state index in [1.165, 1.54) is 18.5 Å². The van der Waals surface area contributed by atoms with Crippen LogP contribution < -0.4 is 16.1 Å². The molecule has 0 aliphatic heterocycles. The van der Waals surface area contributed by atoms with E-state index < -0.39 is 28.9 Å². The average Bonchev–Trinajstić information content (AvgIpc) is 2.66. The topological polar surface area (TPSA) is 80.2 Å². The van der Waals surface area contributed by atoms with Crippen LogP contribution in [0.15, 0.2) is 35.4 Å². The van der Waals surface area contributed by atoms with Crippen molar-refractivity contribution in [2.24, 2.45) is 0 Å². The third-order valence-corrected chi connectivity index (χ3v) is 4.43. The maximum absolute atomic E-state index is 13.7. The highest BCUT2D eigenvalue weighted by Gasteiger charge is 2.20. The quantitative estimate of drug-likeness (QED) is 0.762. The zero-order valence-corrected chi connectivity index (χ0v) is 16.0. The van der Waals surface area contributed by atoms with E-state index in [1.807, 2.05) is 13.8 Å². The van der Waals surface area contributed by atoms with Gasteiger partial charge in [-0.2, -0.15) is 0 Å². The van der Waals surface area contributed by atoms with Gasteiger partial charge in [0.1, 0.15) is 22.8 Å². The van der Waals surface area contributed by atoms with Crippen molar-refractivity contribution < 1.29 is 18.4 Å². The first kappa shape index (κ1) is 21.3. The lowest BCUT2D eigenvalue weighted by Gasteiger charge is -2.17. The molecule has 8 heteroatoms. The summed E-state index contributed by atoms with van der Waals surface area (Å²) in [5.74, 6) is -2.83. The maximum Gasteiger partial charge on any atom is 0.257 e. The molecule has 2 rings (SSSR count). The Morgan fingerprint density at radius 1 is 1.07 bits per heavy atom. The first-order valence-electron chi connectivity index (χ1n) is 9.04. The zero-order valence-electron chi connectivity index (χ0n) is 16.0. The first-order valence-corrected chi connectivity index (χ1v) is 9.04. The van der Waals surface area contributed by atoms with Crippen LogP contribution in [0.25, 0.3) is 0 Å². The number of halogens is 2. The zero-order chi connectivity index (χ0) is 20.8. The number of aromatic nitrogens is 1. The summed E-state index contributed by atoms with van der Waals surface area (Å²) in [6.07, 6.45) is 3.53. The molecule has 0 spiro atoms. The van der Waals surface area contributed by atoms with Crippen LogP contribution in [-0.2, 0) is 6.54 Å². The molecule has 28 heavy (non-hydrogen) atoms. The summed E-state index contributed by atoms with van der Waals surface area (Å²) in [5.41, 5.74) is -0.978. The van der Waals surface area contributed by atoms with Gasteiger partial charge in [0.2, 0.25) is 5.43 Å². The number of nitrogens with zero attached hydrogens (tertiary/aromatic N) is 1. The summed E-state index contributed by atoms with van der Waals surface area (Å²) in [6, 6.07) is 2.96. The van der Waals surface area contributed by atoms with E-state index in [9.17, 15) is 23.2 Å². The number of hydrogen-bond acceptors (Lipinski definition) is 3. The molecule has 1 aromatic heterocycles. The molecular formula is C20H23F2N3O3. The standard InChI is InChI=1S/C20H23F2N3O3/c1-4-12(3)25-10-15(19(27)23-5-2)18(26)16(11-25)20(28)24-9-13-6-7-14(21)8-17(13)22/h6-8,10-12H,4-5,9H2,1-3H3,(H,23,27)(H,24,28)/t12-/m0/s1. The number of carbonyl (C=O) groups excluding carboxylic acids is 2. The van der Waals surface area contributed by atoms with E-state index in [4.69, 9.17) is 0 Å². The van der Waals surface area contributed by atoms with Gasteiger partial charge in [-0.25, -0.2) is 8.78 Å². The molecule has 0 saturated carbocycles. The minimum absolute atomic E-state index is 0.0464. The fourth-order valence-corrected chi connectivity index (χ4v) is 2.58. The molecule has 0 aliphatic rings. The SMILES string of the molecule is CCNC(=O)c1cn([C@@H](C)CC)cc(C(=O)NCc2ccc(F)cc2F)c1=O. The second-order valence-corrected chi connectivity index (χ2v) is 6.40. The van der Waals surface area contributed by atoms with Crippen molar-refractivity contribution in [3.05, 3.63) is 69.1 Å². The highest BCUT2D eigenvalue weighted by Crippen LogP contribution is 2.12. The Kier molecular flexibility index (Phi) is 7.03. The molecule has 0 saturated heterocycles. The van der Waals surface area contributed by atoms with Gasteiger partial charge in [-0.3, -0.25) is 14.4 Å². The van der Waals surface area contributed by atoms with Gasteiger partial charge in [-0.15, -0.1) is 0 Å². The number of benzene rings is 1. The maximum atomic E-state index is 13.7. The molecule has 2 aromatic rings. The van der Waals surface area contributed by atoms with Crippen molar-refractivity contribution >= 4 is 11.8 Å². The summed E-state index contributed by atoms with van der Waals surface area (Å²) < 4.78 is 28.4. The van der Waals surface area contributed by atoms with Crippen LogP contribution in [0, 0.1) is 11.6 Å². The molecule has 2 N–H and O–H groups in total. The largest absolute Gasteiger partial charge is 0.352 e. The molecule has 2 amide bonds. The Morgan fingerprint density at radius 3 is 2.21 bits per heavy atom. The number of amides is 2. The first-order chi connectivity index (χ1) is 13.3. The van der Waals surface area contributed by atoms with Gasteiger partial charge in [0.15, 0.2) is 0 Å². The van der Waals surface area contributed by atoms with Gasteiger partial charge in [-0.05, 0) is 26.3 Å². The number of hydrogen-bond donors (Lipinski definition) is 2. The third-order valence-electron chi connectivity index (χ3n) is 4.43. The normalized spacial score (nSPS) is 11.8. The van der Waals surface area contributed by atoms with E-state index in [0.717, 1.165) is 12.5 Å². The molecule has 1 heterocycles. The average molecular weight is 391 g/mol. The van der Waals surface area contributed by atoms with Gasteiger partial charge in [-0.1, -0.05) is 13.0 Å². The smallest absolute Gasteiger partial charge is 0.257 e. The Morgan fingerprint density at radius 2 is 1.68 bits per heavy atom. The fourth-order valence-electron chi connectivity index (χ4n) is 2.58. The Labute approximate surface area is 161 Å². The number of rotatable bonds is 7. The lowest BCUT2D eigenvalue weighted by molar-refractivity contribution is 0.0948. The van der Waals surface area contributed by atoms with Crippen LogP contribution in [-0.4, -0.2) is 22.9 Å². The number of pyridine rings is 1. The Balaban J connectivity index is 2.36. The van der Waals surface area contributed by atoms with Crippen molar-refractivity contribution in [1.82, 2.24) is 15.2 Å². The summed E-state index contributed by atoms with van der Waals surface area (Å²) in [6.45, 7) is 5.66. The van der Waals surface area contributed by atoms with Crippen LogP contribution in [0.5, 0.6) is 0 Å².